The van der Waals surface area contributed by atoms with Gasteiger partial charge in [0, 0.05) is 6.04 Å². The first-order valence-electron chi connectivity index (χ1n) is 11.2. The molecule has 0 bridgehead atoms. The first-order chi connectivity index (χ1) is 15.9. The quantitative estimate of drug-likeness (QED) is 0.494. The molecule has 2 heterocycles. The van der Waals surface area contributed by atoms with Gasteiger partial charge in [0.1, 0.15) is 11.4 Å². The molecule has 0 atom stereocenters. The second kappa shape index (κ2) is 8.44. The molecule has 4 amide bonds. The number of carbonyl (C=O) groups is 3. The number of nitrogens with zero attached hydrogens (tertiary/aromatic N) is 4. The maximum absolute atomic E-state index is 14.3. The maximum Gasteiger partial charge on any atom is 0.344 e. The van der Waals surface area contributed by atoms with Gasteiger partial charge >= 0.3 is 6.03 Å². The second-order valence-electron chi connectivity index (χ2n) is 9.05. The molecule has 174 valence electrons. The lowest BCUT2D eigenvalue weighted by Gasteiger charge is -2.33. The lowest BCUT2D eigenvalue weighted by molar-refractivity contribution is -0.139. The molecule has 1 spiro atoms. The fourth-order valence-electron chi connectivity index (χ4n) is 4.47. The van der Waals surface area contributed by atoms with Crippen LogP contribution in [-0.4, -0.2) is 48.9 Å². The van der Waals surface area contributed by atoms with E-state index in [9.17, 15) is 18.8 Å². The van der Waals surface area contributed by atoms with Crippen molar-refractivity contribution in [3.05, 3.63) is 30.1 Å². The van der Waals surface area contributed by atoms with Crippen molar-refractivity contribution in [1.29, 1.82) is 0 Å². The van der Waals surface area contributed by atoms with Crippen LogP contribution < -0.4 is 10.7 Å². The number of imide groups is 1. The molecule has 2 aromatic rings. The molecule has 2 N–H and O–H groups in total. The van der Waals surface area contributed by atoms with Crippen molar-refractivity contribution in [3.8, 4) is 11.4 Å². The Balaban J connectivity index is 1.25. The summed E-state index contributed by atoms with van der Waals surface area (Å²) in [7, 11) is 0. The Morgan fingerprint density at radius 1 is 1.21 bits per heavy atom. The number of hydrogen-bond donors (Lipinski definition) is 2. The minimum atomic E-state index is -0.912. The average Bonchev–Trinajstić information content (AvgIpc) is 3.51. The van der Waals surface area contributed by atoms with Crippen LogP contribution in [0.3, 0.4) is 0 Å². The summed E-state index contributed by atoms with van der Waals surface area (Å²) in [5.74, 6) is -0.406. The van der Waals surface area contributed by atoms with Gasteiger partial charge in [0.15, 0.2) is 11.0 Å². The fourth-order valence-corrected chi connectivity index (χ4v) is 5.26. The largest absolute Gasteiger partial charge is 0.344 e. The van der Waals surface area contributed by atoms with E-state index in [1.165, 1.54) is 6.07 Å². The van der Waals surface area contributed by atoms with Crippen LogP contribution in [0.15, 0.2) is 29.4 Å². The van der Waals surface area contributed by atoms with Crippen LogP contribution in [0.5, 0.6) is 0 Å². The van der Waals surface area contributed by atoms with E-state index < -0.39 is 23.4 Å². The number of urea groups is 1. The van der Waals surface area contributed by atoms with Gasteiger partial charge in [0.2, 0.25) is 5.91 Å². The van der Waals surface area contributed by atoms with Crippen molar-refractivity contribution < 1.29 is 18.8 Å². The normalized spacial score (nSPS) is 24.9. The van der Waals surface area contributed by atoms with E-state index in [1.807, 2.05) is 4.57 Å². The van der Waals surface area contributed by atoms with Crippen LogP contribution in [-0.2, 0) is 9.59 Å². The number of hydrazine groups is 1. The van der Waals surface area contributed by atoms with Crippen molar-refractivity contribution in [2.24, 2.45) is 5.92 Å². The summed E-state index contributed by atoms with van der Waals surface area (Å²) in [6, 6.07) is 5.95. The molecular weight excluding hydrogens is 447 g/mol. The first kappa shape index (κ1) is 21.9. The molecule has 1 aromatic carbocycles. The monoisotopic (exact) mass is 472 g/mol. The zero-order chi connectivity index (χ0) is 23.2. The number of benzene rings is 1. The number of hydrogen-bond acceptors (Lipinski definition) is 6. The van der Waals surface area contributed by atoms with Crippen LogP contribution in [0.2, 0.25) is 0 Å². The zero-order valence-electron chi connectivity index (χ0n) is 18.2. The van der Waals surface area contributed by atoms with Gasteiger partial charge in [0.25, 0.3) is 5.91 Å². The lowest BCUT2D eigenvalue weighted by Crippen LogP contribution is -2.51. The Morgan fingerprint density at radius 3 is 2.64 bits per heavy atom. The topological polar surface area (TPSA) is 109 Å². The standard InChI is InChI=1S/C22H25FN6O3S/c1-13-8-10-22(11-9-13)19(31)29(20(32)24-22)27-17(30)12-33-21-26-25-18(28(21)14-6-7-14)15-4-2-3-5-16(15)23/h2-5,13-14H,6-12H2,1H3,(H,24,32)(H,27,30). The number of carbonyl (C=O) groups excluding carboxylic acids is 3. The van der Waals surface area contributed by atoms with Gasteiger partial charge in [-0.1, -0.05) is 30.8 Å². The molecule has 33 heavy (non-hydrogen) atoms. The van der Waals surface area contributed by atoms with E-state index in [2.05, 4.69) is 27.9 Å². The van der Waals surface area contributed by atoms with Gasteiger partial charge in [-0.05, 0) is 56.6 Å². The number of aromatic nitrogens is 3. The molecule has 5 rings (SSSR count). The van der Waals surface area contributed by atoms with E-state index in [-0.39, 0.29) is 17.6 Å². The molecule has 3 fully saturated rings. The summed E-state index contributed by atoms with van der Waals surface area (Å²) < 4.78 is 16.2. The van der Waals surface area contributed by atoms with Gasteiger partial charge in [-0.25, -0.2) is 9.18 Å². The highest BCUT2D eigenvalue weighted by Gasteiger charge is 2.52. The predicted molar refractivity (Wildman–Crippen MR) is 118 cm³/mol. The highest BCUT2D eigenvalue weighted by Crippen LogP contribution is 2.41. The van der Waals surface area contributed by atoms with Crippen LogP contribution in [0.1, 0.15) is 51.5 Å². The molecule has 1 aliphatic heterocycles. The number of amides is 4. The van der Waals surface area contributed by atoms with Crippen LogP contribution >= 0.6 is 11.8 Å². The van der Waals surface area contributed by atoms with Crippen molar-refractivity contribution in [3.63, 3.8) is 0 Å². The summed E-state index contributed by atoms with van der Waals surface area (Å²) in [6.07, 6.45) is 4.72. The third-order valence-corrected chi connectivity index (χ3v) is 7.49. The third kappa shape index (κ3) is 4.09. The summed E-state index contributed by atoms with van der Waals surface area (Å²) in [6.45, 7) is 2.13. The lowest BCUT2D eigenvalue weighted by atomic mass is 9.77. The smallest absolute Gasteiger partial charge is 0.322 e. The van der Waals surface area contributed by atoms with Crippen LogP contribution in [0, 0.1) is 11.7 Å². The molecular formula is C22H25FN6O3S. The molecule has 11 heteroatoms. The Labute approximate surface area is 194 Å². The van der Waals surface area contributed by atoms with E-state index in [0.717, 1.165) is 42.5 Å². The Bertz CT molecular complexity index is 1110. The van der Waals surface area contributed by atoms with Crippen molar-refractivity contribution in [1.82, 2.24) is 30.5 Å². The summed E-state index contributed by atoms with van der Waals surface area (Å²) in [4.78, 5) is 37.9. The Kier molecular flexibility index (Phi) is 5.59. The Hall–Kier alpha value is -2.95. The summed E-state index contributed by atoms with van der Waals surface area (Å²) in [5, 5.41) is 12.4. The highest BCUT2D eigenvalue weighted by molar-refractivity contribution is 7.99. The van der Waals surface area contributed by atoms with E-state index >= 15 is 0 Å². The first-order valence-corrected chi connectivity index (χ1v) is 12.2. The second-order valence-corrected chi connectivity index (χ2v) is 9.99. The number of nitrogens with one attached hydrogen (secondary N) is 2. The molecule has 0 unspecified atom stereocenters. The molecule has 9 nitrogen and oxygen atoms in total. The fraction of sp³-hybridized carbons (Fsp3) is 0.500. The van der Waals surface area contributed by atoms with Gasteiger partial charge in [-0.2, -0.15) is 5.01 Å². The molecule has 0 radical (unpaired) electrons. The molecule has 2 saturated carbocycles. The van der Waals surface area contributed by atoms with E-state index in [0.29, 0.717) is 35.3 Å². The van der Waals surface area contributed by atoms with Crippen LogP contribution in [0.25, 0.3) is 11.4 Å². The minimum Gasteiger partial charge on any atom is -0.322 e. The average molecular weight is 473 g/mol. The SMILES string of the molecule is CC1CCC2(CC1)NC(=O)N(NC(=O)CSc1nnc(-c3ccccc3F)n1C1CC1)C2=O. The third-order valence-electron chi connectivity index (χ3n) is 6.55. The van der Waals surface area contributed by atoms with E-state index in [4.69, 9.17) is 0 Å². The number of halogens is 1. The van der Waals surface area contributed by atoms with Crippen LogP contribution in [0.4, 0.5) is 9.18 Å². The molecule has 1 aromatic heterocycles. The molecule has 3 aliphatic rings. The summed E-state index contributed by atoms with van der Waals surface area (Å²) >= 11 is 1.14. The van der Waals surface area contributed by atoms with Gasteiger partial charge in [-0.3, -0.25) is 19.6 Å². The van der Waals surface area contributed by atoms with Crippen molar-refractivity contribution >= 4 is 29.6 Å². The van der Waals surface area contributed by atoms with Gasteiger partial charge in [0.05, 0.1) is 11.3 Å². The van der Waals surface area contributed by atoms with Gasteiger partial charge in [-0.15, -0.1) is 10.2 Å². The van der Waals surface area contributed by atoms with E-state index in [1.54, 1.807) is 18.2 Å². The predicted octanol–water partition coefficient (Wildman–Crippen LogP) is 3.04. The molecule has 2 aliphatic carbocycles. The summed E-state index contributed by atoms with van der Waals surface area (Å²) in [5.41, 5.74) is 1.89. The molecule has 1 saturated heterocycles. The highest BCUT2D eigenvalue weighted by atomic mass is 32.2. The number of rotatable bonds is 6. The van der Waals surface area contributed by atoms with Crippen molar-refractivity contribution in [2.45, 2.75) is 62.2 Å². The zero-order valence-corrected chi connectivity index (χ0v) is 19.0. The maximum atomic E-state index is 14.3. The van der Waals surface area contributed by atoms with Gasteiger partial charge < -0.3 is 5.32 Å². The van der Waals surface area contributed by atoms with Crippen molar-refractivity contribution in [2.75, 3.05) is 5.75 Å². The Morgan fingerprint density at radius 2 is 1.94 bits per heavy atom. The minimum absolute atomic E-state index is 0.0663. The number of thioether (sulfide) groups is 1.